The summed E-state index contributed by atoms with van der Waals surface area (Å²) in [5.74, 6) is 5.40. The van der Waals surface area contributed by atoms with Crippen LogP contribution in [0.15, 0.2) is 75.2 Å². The van der Waals surface area contributed by atoms with Crippen LogP contribution in [0.2, 0.25) is 5.02 Å². The molecule has 47 heavy (non-hydrogen) atoms. The normalized spacial score (nSPS) is 19.9. The Morgan fingerprint density at radius 2 is 1.98 bits per heavy atom. The smallest absolute Gasteiger partial charge is 0.338 e. The molecule has 0 saturated carbocycles. The summed E-state index contributed by atoms with van der Waals surface area (Å²) >= 11 is 7.85. The Hall–Kier alpha value is -4.29. The number of hydrogen-bond donors (Lipinski definition) is 1. The highest BCUT2D eigenvalue weighted by molar-refractivity contribution is 7.90. The van der Waals surface area contributed by atoms with Crippen molar-refractivity contribution in [2.45, 2.75) is 17.0 Å². The molecule has 2 fully saturated rings. The van der Waals surface area contributed by atoms with E-state index >= 15 is 0 Å². The van der Waals surface area contributed by atoms with Crippen LogP contribution >= 0.6 is 22.9 Å². The summed E-state index contributed by atoms with van der Waals surface area (Å²) in [6.45, 7) is 2.63. The van der Waals surface area contributed by atoms with Gasteiger partial charge in [-0.25, -0.2) is 27.4 Å². The molecule has 3 aromatic rings. The highest BCUT2D eigenvalue weighted by Crippen LogP contribution is 2.37. The molecule has 2 saturated heterocycles. The number of thiazole rings is 1. The zero-order valence-corrected chi connectivity index (χ0v) is 27.8. The topological polar surface area (TPSA) is 125 Å². The fourth-order valence-electron chi connectivity index (χ4n) is 5.83. The van der Waals surface area contributed by atoms with Gasteiger partial charge < -0.3 is 19.9 Å². The highest BCUT2D eigenvalue weighted by Gasteiger charge is 2.41. The number of rotatable bonds is 7. The minimum atomic E-state index is -3.29. The second-order valence-corrected chi connectivity index (χ2v) is 14.6. The average molecular weight is 697 g/mol. The summed E-state index contributed by atoms with van der Waals surface area (Å²) in [7, 11) is -2.00. The highest BCUT2D eigenvalue weighted by atomic mass is 35.5. The van der Waals surface area contributed by atoms with Gasteiger partial charge in [-0.1, -0.05) is 29.5 Å². The van der Waals surface area contributed by atoms with Gasteiger partial charge in [-0.05, 0) is 36.4 Å². The lowest BCUT2D eigenvalue weighted by Crippen LogP contribution is -2.53. The predicted octanol–water partition coefficient (Wildman–Crippen LogP) is 3.33. The average Bonchev–Trinajstić information content (AvgIpc) is 3.69. The number of urea groups is 1. The second-order valence-electron chi connectivity index (χ2n) is 11.2. The minimum absolute atomic E-state index is 0.0905. The molecule has 0 spiro atoms. The van der Waals surface area contributed by atoms with Crippen molar-refractivity contribution >= 4 is 50.6 Å². The number of amides is 2. The van der Waals surface area contributed by atoms with Gasteiger partial charge in [0.15, 0.2) is 20.7 Å². The Labute approximate surface area is 280 Å². The largest absolute Gasteiger partial charge is 0.466 e. The number of aromatic nitrogens is 1. The molecule has 4 heterocycles. The number of benzene rings is 2. The van der Waals surface area contributed by atoms with Crippen molar-refractivity contribution in [3.63, 3.8) is 0 Å². The standard InChI is InChI=1S/C32H30ClFN6O5S2/c1-45-31(41)27-26(36-29(30-35-11-15-46-30)37-28(27)24-10-7-21(34)16-25(24)33)19-38-13-14-40-22(17-38)18-39(32(40)42)12-3-4-20-5-8-23(9-6-20)47(2,43)44/h5-11,15-16,22,28H,12-14,17-19H2,1-2H3,(H,36,37)/t22-,28?/m0/s1. The molecule has 3 aliphatic heterocycles. The summed E-state index contributed by atoms with van der Waals surface area (Å²) in [6.07, 6.45) is 2.81. The maximum Gasteiger partial charge on any atom is 0.338 e. The van der Waals surface area contributed by atoms with Gasteiger partial charge in [-0.2, -0.15) is 0 Å². The number of methoxy groups -OCH3 is 1. The molecule has 15 heteroatoms. The van der Waals surface area contributed by atoms with E-state index in [2.05, 4.69) is 27.0 Å². The van der Waals surface area contributed by atoms with E-state index in [1.165, 1.54) is 48.8 Å². The number of nitrogens with zero attached hydrogens (tertiary/aromatic N) is 5. The van der Waals surface area contributed by atoms with E-state index in [-0.39, 0.29) is 34.1 Å². The number of piperazine rings is 1. The fourth-order valence-corrected chi connectivity index (χ4v) is 7.32. The lowest BCUT2D eigenvalue weighted by molar-refractivity contribution is -0.136. The van der Waals surface area contributed by atoms with Crippen LogP contribution in [0.5, 0.6) is 0 Å². The van der Waals surface area contributed by atoms with Crippen LogP contribution in [0.25, 0.3) is 0 Å². The summed E-state index contributed by atoms with van der Waals surface area (Å²) < 4.78 is 42.6. The first kappa shape index (κ1) is 32.6. The fraction of sp³-hybridized carbons (Fsp3) is 0.312. The first-order chi connectivity index (χ1) is 22.5. The number of amidine groups is 1. The van der Waals surface area contributed by atoms with Crippen molar-refractivity contribution in [2.24, 2.45) is 4.99 Å². The molecule has 3 aliphatic rings. The monoisotopic (exact) mass is 696 g/mol. The number of esters is 1. The molecule has 1 unspecified atom stereocenters. The van der Waals surface area contributed by atoms with Crippen LogP contribution in [0.1, 0.15) is 22.2 Å². The summed E-state index contributed by atoms with van der Waals surface area (Å²) in [5, 5.41) is 5.87. The number of fused-ring (bicyclic) bond motifs is 1. The Morgan fingerprint density at radius 3 is 2.66 bits per heavy atom. The Bertz CT molecular complexity index is 1940. The third-order valence-corrected chi connectivity index (χ3v) is 10.3. The van der Waals surface area contributed by atoms with E-state index in [9.17, 15) is 22.4 Å². The summed E-state index contributed by atoms with van der Waals surface area (Å²) in [6, 6.07) is 9.25. The third kappa shape index (κ3) is 7.03. The molecule has 0 bridgehead atoms. The number of aliphatic imine (C=N–C) groups is 1. The molecule has 0 radical (unpaired) electrons. The predicted molar refractivity (Wildman–Crippen MR) is 175 cm³/mol. The number of ether oxygens (including phenoxy) is 1. The number of carbonyl (C=O) groups is 2. The van der Waals surface area contributed by atoms with Crippen molar-refractivity contribution in [2.75, 3.05) is 52.6 Å². The molecule has 11 nitrogen and oxygen atoms in total. The van der Waals surface area contributed by atoms with Gasteiger partial charge in [0.05, 0.1) is 30.2 Å². The van der Waals surface area contributed by atoms with Crippen LogP contribution in [0.3, 0.4) is 0 Å². The number of nitrogens with one attached hydrogen (secondary N) is 1. The first-order valence-corrected chi connectivity index (χ1v) is 17.7. The van der Waals surface area contributed by atoms with E-state index < -0.39 is 27.7 Å². The summed E-state index contributed by atoms with van der Waals surface area (Å²) in [4.78, 5) is 41.6. The Morgan fingerprint density at radius 1 is 1.19 bits per heavy atom. The zero-order chi connectivity index (χ0) is 33.3. The van der Waals surface area contributed by atoms with E-state index in [4.69, 9.17) is 21.3 Å². The molecule has 6 rings (SSSR count). The van der Waals surface area contributed by atoms with Crippen LogP contribution in [-0.2, 0) is 19.4 Å². The number of sulfone groups is 1. The second kappa shape index (κ2) is 13.4. The zero-order valence-electron chi connectivity index (χ0n) is 25.4. The number of carbonyl (C=O) groups excluding carboxylic acids is 2. The first-order valence-electron chi connectivity index (χ1n) is 14.6. The third-order valence-electron chi connectivity index (χ3n) is 8.10. The van der Waals surface area contributed by atoms with Crippen molar-refractivity contribution < 1.29 is 27.1 Å². The molecule has 244 valence electrons. The number of halogens is 2. The van der Waals surface area contributed by atoms with E-state index in [1.807, 2.05) is 10.3 Å². The number of hydrogen-bond acceptors (Lipinski definition) is 10. The van der Waals surface area contributed by atoms with E-state index in [0.29, 0.717) is 60.4 Å². The van der Waals surface area contributed by atoms with Crippen molar-refractivity contribution in [1.29, 1.82) is 0 Å². The Balaban J connectivity index is 1.20. The van der Waals surface area contributed by atoms with Crippen molar-refractivity contribution in [3.8, 4) is 11.8 Å². The lowest BCUT2D eigenvalue weighted by atomic mass is 9.95. The molecule has 2 atom stereocenters. The minimum Gasteiger partial charge on any atom is -0.466 e. The molecular weight excluding hydrogens is 667 g/mol. The molecule has 1 N–H and O–H groups in total. The maximum atomic E-state index is 14.0. The quantitative estimate of drug-likeness (QED) is 0.295. The van der Waals surface area contributed by atoms with Crippen LogP contribution < -0.4 is 5.32 Å². The Kier molecular flexibility index (Phi) is 9.34. The van der Waals surface area contributed by atoms with Crippen molar-refractivity contribution in [3.05, 3.63) is 92.3 Å². The van der Waals surface area contributed by atoms with Gasteiger partial charge in [0.2, 0.25) is 0 Å². The van der Waals surface area contributed by atoms with Gasteiger partial charge in [0, 0.05) is 72.4 Å². The van der Waals surface area contributed by atoms with E-state index in [1.54, 1.807) is 23.2 Å². The van der Waals surface area contributed by atoms with Crippen LogP contribution in [-0.4, -0.2) is 105 Å². The van der Waals surface area contributed by atoms with Crippen molar-refractivity contribution in [1.82, 2.24) is 25.0 Å². The summed E-state index contributed by atoms with van der Waals surface area (Å²) in [5.41, 5.74) is 1.93. The SMILES string of the molecule is COC(=O)C1=C(CN2CCN3C(=O)N(CC#Cc4ccc(S(C)(=O)=O)cc4)C[C@@H]3C2)NC(c2nccs2)=NC1c1ccc(F)cc1Cl. The molecular formula is C32H30ClFN6O5S2. The van der Waals surface area contributed by atoms with E-state index in [0.717, 1.165) is 6.26 Å². The van der Waals surface area contributed by atoms with Gasteiger partial charge in [-0.3, -0.25) is 9.89 Å². The van der Waals surface area contributed by atoms with Gasteiger partial charge >= 0.3 is 12.0 Å². The van der Waals surface area contributed by atoms with Crippen LogP contribution in [0, 0.1) is 17.7 Å². The molecule has 2 aromatic carbocycles. The molecule has 1 aromatic heterocycles. The van der Waals surface area contributed by atoms with Gasteiger partial charge in [0.1, 0.15) is 11.9 Å². The molecule has 2 amide bonds. The van der Waals surface area contributed by atoms with Crippen LogP contribution in [0.4, 0.5) is 9.18 Å². The van der Waals surface area contributed by atoms with Gasteiger partial charge in [0.25, 0.3) is 0 Å². The lowest BCUT2D eigenvalue weighted by Gasteiger charge is -2.38. The maximum absolute atomic E-state index is 14.0. The molecule has 0 aliphatic carbocycles. The van der Waals surface area contributed by atoms with Gasteiger partial charge in [-0.15, -0.1) is 11.3 Å².